The summed E-state index contributed by atoms with van der Waals surface area (Å²) in [6.07, 6.45) is 0.782. The molecule has 0 aliphatic carbocycles. The first kappa shape index (κ1) is 19.6. The van der Waals surface area contributed by atoms with Crippen LogP contribution in [0, 0.1) is 20.8 Å². The lowest BCUT2D eigenvalue weighted by Crippen LogP contribution is -2.22. The van der Waals surface area contributed by atoms with Crippen LogP contribution in [0.5, 0.6) is 0 Å². The van der Waals surface area contributed by atoms with E-state index >= 15 is 0 Å². The van der Waals surface area contributed by atoms with Crippen LogP contribution in [0.15, 0.2) is 28.2 Å². The molecule has 0 amide bonds. The van der Waals surface area contributed by atoms with Crippen LogP contribution in [0.2, 0.25) is 0 Å². The van der Waals surface area contributed by atoms with E-state index < -0.39 is 0 Å². The quantitative estimate of drug-likeness (QED) is 0.364. The van der Waals surface area contributed by atoms with Crippen LogP contribution in [0.4, 0.5) is 0 Å². The van der Waals surface area contributed by atoms with Crippen molar-refractivity contribution in [2.45, 2.75) is 39.3 Å². The predicted octanol–water partition coefficient (Wildman–Crippen LogP) is 4.20. The first-order valence-electron chi connectivity index (χ1n) is 8.69. The topological polar surface area (TPSA) is 61.2 Å². The third kappa shape index (κ3) is 3.66. The molecule has 0 bridgehead atoms. The number of hydrogen-bond donors (Lipinski definition) is 0. The van der Waals surface area contributed by atoms with Crippen molar-refractivity contribution in [3.05, 3.63) is 50.1 Å². The molecule has 0 saturated heterocycles. The van der Waals surface area contributed by atoms with Gasteiger partial charge in [-0.1, -0.05) is 24.8 Å². The van der Waals surface area contributed by atoms with Gasteiger partial charge in [0.25, 0.3) is 5.56 Å². The number of nitrogens with zero attached hydrogens (tertiary/aromatic N) is 2. The first-order valence-corrected chi connectivity index (χ1v) is 10.5. The first-order chi connectivity index (χ1) is 12.9. The second-order valence-electron chi connectivity index (χ2n) is 6.34. The number of fused-ring (bicyclic) bond motifs is 1. The molecular weight excluding hydrogens is 380 g/mol. The van der Waals surface area contributed by atoms with Gasteiger partial charge in [-0.25, -0.2) is 4.98 Å². The van der Waals surface area contributed by atoms with E-state index in [4.69, 9.17) is 9.72 Å². The maximum atomic E-state index is 13.5. The van der Waals surface area contributed by atoms with Gasteiger partial charge in [0, 0.05) is 4.88 Å². The Kier molecular flexibility index (Phi) is 5.72. The Morgan fingerprint density at radius 3 is 2.63 bits per heavy atom. The molecule has 0 atom stereocenters. The number of aryl methyl sites for hydroxylation is 4. The number of aromatic nitrogens is 2. The van der Waals surface area contributed by atoms with Crippen molar-refractivity contribution in [2.24, 2.45) is 0 Å². The molecule has 5 nitrogen and oxygen atoms in total. The van der Waals surface area contributed by atoms with E-state index in [0.717, 1.165) is 38.5 Å². The Balaban J connectivity index is 2.29. The minimum Gasteiger partial charge on any atom is -0.468 e. The minimum absolute atomic E-state index is 0.0863. The van der Waals surface area contributed by atoms with E-state index in [0.29, 0.717) is 10.5 Å². The van der Waals surface area contributed by atoms with Gasteiger partial charge in [0.1, 0.15) is 4.83 Å². The van der Waals surface area contributed by atoms with E-state index in [1.54, 1.807) is 4.57 Å². The van der Waals surface area contributed by atoms with Gasteiger partial charge in [0.05, 0.1) is 23.9 Å². The Labute approximate surface area is 166 Å². The fraction of sp³-hybridized carbons (Fsp3) is 0.350. The number of carbonyl (C=O) groups excluding carboxylic acids is 1. The van der Waals surface area contributed by atoms with Crippen molar-refractivity contribution >= 4 is 39.3 Å². The zero-order valence-corrected chi connectivity index (χ0v) is 17.7. The Morgan fingerprint density at radius 1 is 1.26 bits per heavy atom. The third-order valence-electron chi connectivity index (χ3n) is 4.64. The normalized spacial score (nSPS) is 11.1. The maximum absolute atomic E-state index is 13.5. The predicted molar refractivity (Wildman–Crippen MR) is 112 cm³/mol. The summed E-state index contributed by atoms with van der Waals surface area (Å²) >= 11 is 2.75. The lowest BCUT2D eigenvalue weighted by molar-refractivity contribution is -0.137. The second kappa shape index (κ2) is 7.86. The molecule has 3 rings (SSSR count). The summed E-state index contributed by atoms with van der Waals surface area (Å²) in [5.74, 6) is -0.248. The molecule has 0 aliphatic rings. The van der Waals surface area contributed by atoms with Gasteiger partial charge in [-0.3, -0.25) is 14.2 Å². The van der Waals surface area contributed by atoms with Gasteiger partial charge < -0.3 is 4.74 Å². The van der Waals surface area contributed by atoms with Gasteiger partial charge >= 0.3 is 5.97 Å². The molecule has 0 aliphatic heterocycles. The fourth-order valence-electron chi connectivity index (χ4n) is 2.99. The number of esters is 1. The summed E-state index contributed by atoms with van der Waals surface area (Å²) in [6, 6.07) is 5.90. The van der Waals surface area contributed by atoms with Crippen molar-refractivity contribution < 1.29 is 9.53 Å². The molecule has 1 aromatic carbocycles. The molecule has 0 fully saturated rings. The lowest BCUT2D eigenvalue weighted by Gasteiger charge is -2.13. The molecule has 2 aromatic heterocycles. The van der Waals surface area contributed by atoms with Crippen molar-refractivity contribution in [2.75, 3.05) is 12.9 Å². The summed E-state index contributed by atoms with van der Waals surface area (Å²) in [6.45, 7) is 8.12. The SMILES string of the molecule is CCc1c(C)sc2nc(SCC(=O)OC)n(-c3ccc(C)c(C)c3)c(=O)c12. The van der Waals surface area contributed by atoms with Gasteiger partial charge in [0.15, 0.2) is 5.16 Å². The second-order valence-corrected chi connectivity index (χ2v) is 8.48. The number of rotatable bonds is 5. The Bertz CT molecular complexity index is 1080. The number of carbonyl (C=O) groups is 1. The van der Waals surface area contributed by atoms with E-state index in [-0.39, 0.29) is 17.3 Å². The number of hydrogen-bond acceptors (Lipinski definition) is 6. The highest BCUT2D eigenvalue weighted by Gasteiger charge is 2.20. The Hall–Kier alpha value is -2.12. The van der Waals surface area contributed by atoms with Crippen LogP contribution in [0.1, 0.15) is 28.5 Å². The van der Waals surface area contributed by atoms with Crippen LogP contribution < -0.4 is 5.56 Å². The minimum atomic E-state index is -0.349. The average Bonchev–Trinajstić information content (AvgIpc) is 2.97. The standard InChI is InChI=1S/C20H22N2O3S2/c1-6-15-13(4)27-18-17(15)19(24)22(14-8-7-11(2)12(3)9-14)20(21-18)26-10-16(23)25-5/h7-9H,6,10H2,1-5H3. The van der Waals surface area contributed by atoms with Gasteiger partial charge in [-0.2, -0.15) is 0 Å². The molecule has 0 radical (unpaired) electrons. The third-order valence-corrected chi connectivity index (χ3v) is 6.60. The van der Waals surface area contributed by atoms with Crippen LogP contribution in [-0.2, 0) is 16.0 Å². The van der Waals surface area contributed by atoms with E-state index in [1.807, 2.05) is 45.9 Å². The summed E-state index contributed by atoms with van der Waals surface area (Å²) in [7, 11) is 1.35. The number of thioether (sulfide) groups is 1. The zero-order valence-electron chi connectivity index (χ0n) is 16.1. The largest absolute Gasteiger partial charge is 0.468 e. The molecule has 142 valence electrons. The highest BCUT2D eigenvalue weighted by atomic mass is 32.2. The summed E-state index contributed by atoms with van der Waals surface area (Å²) in [5, 5.41) is 1.19. The number of benzene rings is 1. The van der Waals surface area contributed by atoms with Gasteiger partial charge in [0.2, 0.25) is 0 Å². The molecule has 0 unspecified atom stereocenters. The smallest absolute Gasteiger partial charge is 0.316 e. The molecule has 7 heteroatoms. The highest BCUT2D eigenvalue weighted by molar-refractivity contribution is 7.99. The fourth-order valence-corrected chi connectivity index (χ4v) is 5.00. The molecule has 0 spiro atoms. The monoisotopic (exact) mass is 402 g/mol. The number of thiophene rings is 1. The summed E-state index contributed by atoms with van der Waals surface area (Å²) < 4.78 is 6.36. The molecule has 2 heterocycles. The average molecular weight is 403 g/mol. The Morgan fingerprint density at radius 2 is 2.00 bits per heavy atom. The van der Waals surface area contributed by atoms with Crippen LogP contribution in [0.3, 0.4) is 0 Å². The summed E-state index contributed by atoms with van der Waals surface area (Å²) in [4.78, 5) is 31.7. The van der Waals surface area contributed by atoms with Crippen molar-refractivity contribution in [3.63, 3.8) is 0 Å². The molecule has 27 heavy (non-hydrogen) atoms. The molecule has 0 N–H and O–H groups in total. The van der Waals surface area contributed by atoms with Crippen LogP contribution in [-0.4, -0.2) is 28.4 Å². The van der Waals surface area contributed by atoms with Crippen molar-refractivity contribution in [1.82, 2.24) is 9.55 Å². The molecule has 3 aromatic rings. The van der Waals surface area contributed by atoms with E-state index in [2.05, 4.69) is 0 Å². The maximum Gasteiger partial charge on any atom is 0.316 e. The van der Waals surface area contributed by atoms with Gasteiger partial charge in [-0.15, -0.1) is 11.3 Å². The highest BCUT2D eigenvalue weighted by Crippen LogP contribution is 2.30. The van der Waals surface area contributed by atoms with Crippen molar-refractivity contribution in [3.8, 4) is 5.69 Å². The molecule has 0 saturated carbocycles. The lowest BCUT2D eigenvalue weighted by atomic mass is 10.1. The van der Waals surface area contributed by atoms with E-state index in [9.17, 15) is 9.59 Å². The van der Waals surface area contributed by atoms with Crippen LogP contribution >= 0.6 is 23.1 Å². The zero-order chi connectivity index (χ0) is 19.7. The number of methoxy groups -OCH3 is 1. The molecular formula is C20H22N2O3S2. The number of ether oxygens (including phenoxy) is 1. The van der Waals surface area contributed by atoms with Crippen molar-refractivity contribution in [1.29, 1.82) is 0 Å². The van der Waals surface area contributed by atoms with Crippen LogP contribution in [0.25, 0.3) is 15.9 Å². The summed E-state index contributed by atoms with van der Waals surface area (Å²) in [5.41, 5.74) is 3.98. The van der Waals surface area contributed by atoms with Gasteiger partial charge in [-0.05, 0) is 56.0 Å². The van der Waals surface area contributed by atoms with E-state index in [1.165, 1.54) is 30.2 Å².